The quantitative estimate of drug-likeness (QED) is 0.605. The van der Waals surface area contributed by atoms with E-state index < -0.39 is 23.4 Å². The molecule has 0 saturated carbocycles. The van der Waals surface area contributed by atoms with Crippen LogP contribution < -0.4 is 0 Å². The van der Waals surface area contributed by atoms with Crippen molar-refractivity contribution in [3.8, 4) is 0 Å². The van der Waals surface area contributed by atoms with Crippen molar-refractivity contribution in [2.24, 2.45) is 10.9 Å². The highest BCUT2D eigenvalue weighted by atomic mass is 32.2. The molecule has 0 spiro atoms. The van der Waals surface area contributed by atoms with Gasteiger partial charge in [0.05, 0.1) is 24.4 Å². The van der Waals surface area contributed by atoms with Crippen molar-refractivity contribution in [2.45, 2.75) is 83.0 Å². The molecule has 2 heterocycles. The Morgan fingerprint density at radius 3 is 2.52 bits per heavy atom. The molecular formula is C25H36N2O5S. The second-order valence-corrected chi connectivity index (χ2v) is 11.2. The predicted octanol–water partition coefficient (Wildman–Crippen LogP) is 4.60. The maximum absolute atomic E-state index is 12.9. The minimum atomic E-state index is -1.06. The molecule has 0 radical (unpaired) electrons. The van der Waals surface area contributed by atoms with Crippen LogP contribution >= 0.6 is 11.8 Å². The highest BCUT2D eigenvalue weighted by Crippen LogP contribution is 2.43. The van der Waals surface area contributed by atoms with E-state index in [9.17, 15) is 9.90 Å². The molecule has 0 aromatic heterocycles. The van der Waals surface area contributed by atoms with Crippen molar-refractivity contribution in [1.29, 1.82) is 0 Å². The zero-order valence-electron chi connectivity index (χ0n) is 20.4. The van der Waals surface area contributed by atoms with Crippen LogP contribution in [0, 0.1) is 5.92 Å². The van der Waals surface area contributed by atoms with Crippen molar-refractivity contribution in [3.63, 3.8) is 0 Å². The molecule has 2 aliphatic rings. The van der Waals surface area contributed by atoms with Crippen LogP contribution in [0.5, 0.6) is 0 Å². The molecule has 1 aromatic rings. The number of thioether (sulfide) groups is 1. The molecule has 1 aromatic carbocycles. The first kappa shape index (κ1) is 25.7. The fourth-order valence-corrected chi connectivity index (χ4v) is 5.31. The van der Waals surface area contributed by atoms with E-state index in [0.717, 1.165) is 5.56 Å². The van der Waals surface area contributed by atoms with Crippen molar-refractivity contribution in [3.05, 3.63) is 48.6 Å². The first-order valence-electron chi connectivity index (χ1n) is 11.3. The van der Waals surface area contributed by atoms with Crippen molar-refractivity contribution < 1.29 is 24.1 Å². The molecule has 0 unspecified atom stereocenters. The maximum Gasteiger partial charge on any atom is 0.416 e. The van der Waals surface area contributed by atoms with Gasteiger partial charge in [-0.05, 0) is 40.2 Å². The van der Waals surface area contributed by atoms with Gasteiger partial charge in [0.25, 0.3) is 0 Å². The zero-order valence-corrected chi connectivity index (χ0v) is 21.2. The molecule has 1 saturated heterocycles. The van der Waals surface area contributed by atoms with Crippen molar-refractivity contribution in [1.82, 2.24) is 4.90 Å². The van der Waals surface area contributed by atoms with Crippen LogP contribution in [-0.4, -0.2) is 62.7 Å². The predicted molar refractivity (Wildman–Crippen MR) is 131 cm³/mol. The summed E-state index contributed by atoms with van der Waals surface area (Å²) in [4.78, 5) is 19.2. The Kier molecular flexibility index (Phi) is 7.94. The van der Waals surface area contributed by atoms with Crippen LogP contribution in [0.25, 0.3) is 0 Å². The molecule has 1 amide bonds. The molecule has 0 bridgehead atoms. The summed E-state index contributed by atoms with van der Waals surface area (Å²) >= 11 is 1.36. The lowest BCUT2D eigenvalue weighted by Gasteiger charge is -2.45. The Balaban J connectivity index is 1.87. The van der Waals surface area contributed by atoms with E-state index in [1.54, 1.807) is 19.9 Å². The molecule has 7 nitrogen and oxygen atoms in total. The molecule has 3 rings (SSSR count). The summed E-state index contributed by atoms with van der Waals surface area (Å²) in [5.74, 6) is -0.118. The van der Waals surface area contributed by atoms with E-state index in [0.29, 0.717) is 11.8 Å². The topological polar surface area (TPSA) is 80.6 Å². The highest BCUT2D eigenvalue weighted by molar-refractivity contribution is 8.14. The summed E-state index contributed by atoms with van der Waals surface area (Å²) in [7, 11) is 0. The third-order valence-corrected chi connectivity index (χ3v) is 6.67. The number of benzene rings is 1. The Morgan fingerprint density at radius 1 is 1.27 bits per heavy atom. The third-order valence-electron chi connectivity index (χ3n) is 5.51. The summed E-state index contributed by atoms with van der Waals surface area (Å²) in [6, 6.07) is 9.63. The van der Waals surface area contributed by atoms with E-state index in [1.165, 1.54) is 16.7 Å². The number of rotatable bonds is 6. The van der Waals surface area contributed by atoms with Gasteiger partial charge in [0.2, 0.25) is 0 Å². The highest BCUT2D eigenvalue weighted by Gasteiger charge is 2.52. The van der Waals surface area contributed by atoms with Crippen LogP contribution in [0.15, 0.2) is 48.0 Å². The summed E-state index contributed by atoms with van der Waals surface area (Å²) < 4.78 is 18.3. The van der Waals surface area contributed by atoms with Gasteiger partial charge >= 0.3 is 6.09 Å². The number of aliphatic imine (C=N–C) groups is 1. The van der Waals surface area contributed by atoms with E-state index in [-0.39, 0.29) is 30.0 Å². The summed E-state index contributed by atoms with van der Waals surface area (Å²) in [6.45, 7) is 15.4. The Bertz CT molecular complexity index is 862. The van der Waals surface area contributed by atoms with E-state index in [1.807, 2.05) is 58.0 Å². The number of aliphatic hydroxyl groups is 1. The van der Waals surface area contributed by atoms with Gasteiger partial charge in [-0.2, -0.15) is 0 Å². The Hall–Kier alpha value is -1.87. The number of fused-ring (bicyclic) bond motifs is 1. The van der Waals surface area contributed by atoms with Crippen molar-refractivity contribution >= 4 is 23.0 Å². The van der Waals surface area contributed by atoms with Gasteiger partial charge in [0.15, 0.2) is 5.17 Å². The lowest BCUT2D eigenvalue weighted by atomic mass is 9.82. The second kappa shape index (κ2) is 10.2. The number of carbonyl (C=O) groups is 1. The van der Waals surface area contributed by atoms with Gasteiger partial charge in [-0.15, -0.1) is 6.58 Å². The van der Waals surface area contributed by atoms with Gasteiger partial charge in [-0.25, -0.2) is 4.79 Å². The van der Waals surface area contributed by atoms with E-state index in [2.05, 4.69) is 6.58 Å². The van der Waals surface area contributed by atoms with Gasteiger partial charge in [0, 0.05) is 12.5 Å². The fraction of sp³-hybridized carbons (Fsp3) is 0.600. The average molecular weight is 477 g/mol. The largest absolute Gasteiger partial charge is 0.443 e. The molecule has 0 aliphatic carbocycles. The second-order valence-electron chi connectivity index (χ2n) is 10.1. The Morgan fingerprint density at radius 2 is 1.94 bits per heavy atom. The molecular weight excluding hydrogens is 440 g/mol. The molecule has 8 heteroatoms. The lowest BCUT2D eigenvalue weighted by Crippen LogP contribution is -2.57. The van der Waals surface area contributed by atoms with Crippen LogP contribution in [0.4, 0.5) is 4.79 Å². The first-order valence-corrected chi connectivity index (χ1v) is 12.2. The molecule has 1 N–H and O–H groups in total. The third kappa shape index (κ3) is 6.38. The fourth-order valence-electron chi connectivity index (χ4n) is 4.12. The van der Waals surface area contributed by atoms with Gasteiger partial charge in [0.1, 0.15) is 17.1 Å². The van der Waals surface area contributed by atoms with Gasteiger partial charge < -0.3 is 19.3 Å². The molecule has 2 aliphatic heterocycles. The number of amides is 1. The Labute approximate surface area is 201 Å². The minimum Gasteiger partial charge on any atom is -0.443 e. The SMILES string of the molecule is C=CCN(C(=O)OC(C)(C)C)C1=N[C@@H]2[C@@H](OCc3ccccc3)[C@H](C)[C@@H](C(C)(C)O)O[C@@H]2S1. The number of nitrogens with zero attached hydrogens (tertiary/aromatic N) is 2. The smallest absolute Gasteiger partial charge is 0.416 e. The minimum absolute atomic E-state index is 0.118. The molecule has 33 heavy (non-hydrogen) atoms. The molecule has 1 fully saturated rings. The summed E-state index contributed by atoms with van der Waals surface area (Å²) in [5, 5.41) is 11.3. The van der Waals surface area contributed by atoms with Gasteiger partial charge in [-0.3, -0.25) is 9.89 Å². The van der Waals surface area contributed by atoms with Crippen LogP contribution in [0.3, 0.4) is 0 Å². The molecule has 182 valence electrons. The van der Waals surface area contributed by atoms with Crippen LogP contribution in [-0.2, 0) is 20.8 Å². The van der Waals surface area contributed by atoms with E-state index in [4.69, 9.17) is 19.2 Å². The number of hydrogen-bond donors (Lipinski definition) is 1. The lowest BCUT2D eigenvalue weighted by molar-refractivity contribution is -0.192. The van der Waals surface area contributed by atoms with Crippen LogP contribution in [0.2, 0.25) is 0 Å². The van der Waals surface area contributed by atoms with E-state index >= 15 is 0 Å². The van der Waals surface area contributed by atoms with Crippen molar-refractivity contribution in [2.75, 3.05) is 6.54 Å². The van der Waals surface area contributed by atoms with Crippen LogP contribution in [0.1, 0.15) is 47.1 Å². The number of ether oxygens (including phenoxy) is 3. The maximum atomic E-state index is 12.9. The summed E-state index contributed by atoms with van der Waals surface area (Å²) in [5.41, 5.74) is -1.02. The number of carbonyl (C=O) groups excluding carboxylic acids is 1. The van der Waals surface area contributed by atoms with Gasteiger partial charge in [-0.1, -0.05) is 55.1 Å². The zero-order chi connectivity index (χ0) is 24.4. The summed E-state index contributed by atoms with van der Waals surface area (Å²) in [6.07, 6.45) is 0.410. The number of hydrogen-bond acceptors (Lipinski definition) is 7. The average Bonchev–Trinajstić information content (AvgIpc) is 3.13. The normalized spacial score (nSPS) is 27.5. The molecule has 5 atom stereocenters. The standard InChI is InChI=1S/C25H36N2O5S/c1-8-14-27(23(28)32-24(3,4)5)22-26-18-19(30-15-17-12-10-9-11-13-17)16(2)20(25(6,7)29)31-21(18)33-22/h8-13,16,18-21,29H,1,14-15H2,2-7H3/t16-,18+,19-,20-,21+/m0/s1. The number of amidine groups is 1. The first-order chi connectivity index (χ1) is 15.4. The monoisotopic (exact) mass is 476 g/mol.